The van der Waals surface area contributed by atoms with E-state index >= 15 is 0 Å². The molecule has 0 N–H and O–H groups in total. The zero-order valence-corrected chi connectivity index (χ0v) is 11.9. The van der Waals surface area contributed by atoms with Crippen molar-refractivity contribution in [2.24, 2.45) is 0 Å². The molecule has 0 aliphatic heterocycles. The van der Waals surface area contributed by atoms with Gasteiger partial charge >= 0.3 is 0 Å². The fourth-order valence-corrected chi connectivity index (χ4v) is 2.42. The molecule has 7 heteroatoms. The summed E-state index contributed by atoms with van der Waals surface area (Å²) < 4.78 is 28.0. The number of aromatic nitrogens is 3. The minimum absolute atomic E-state index is 0.250. The van der Waals surface area contributed by atoms with E-state index in [1.165, 1.54) is 12.1 Å². The third-order valence-electron chi connectivity index (χ3n) is 2.85. The van der Waals surface area contributed by atoms with E-state index in [1.54, 1.807) is 30.5 Å². The molecule has 0 amide bonds. The Kier molecular flexibility index (Phi) is 3.26. The zero-order valence-electron chi connectivity index (χ0n) is 11.1. The molecule has 0 saturated carbocycles. The molecule has 0 bridgehead atoms. The van der Waals surface area contributed by atoms with Gasteiger partial charge in [-0.1, -0.05) is 11.2 Å². The highest BCUT2D eigenvalue weighted by Gasteiger charge is 2.12. The molecule has 2 heterocycles. The number of nitrogens with zero attached hydrogens (tertiary/aromatic N) is 3. The molecule has 0 aliphatic rings. The Morgan fingerprint density at radius 1 is 1.05 bits per heavy atom. The van der Waals surface area contributed by atoms with E-state index in [9.17, 15) is 8.42 Å². The lowest BCUT2D eigenvalue weighted by molar-refractivity contribution is 0.431. The van der Waals surface area contributed by atoms with Crippen molar-refractivity contribution in [2.75, 3.05) is 6.26 Å². The van der Waals surface area contributed by atoms with E-state index in [1.807, 2.05) is 6.07 Å². The molecular weight excluding hydrogens is 290 g/mol. The van der Waals surface area contributed by atoms with Crippen LogP contribution in [0.3, 0.4) is 0 Å². The topological polar surface area (TPSA) is 86.0 Å². The van der Waals surface area contributed by atoms with Gasteiger partial charge in [-0.25, -0.2) is 8.42 Å². The number of hydrogen-bond donors (Lipinski definition) is 0. The summed E-state index contributed by atoms with van der Waals surface area (Å²) in [5.74, 6) is 0.702. The summed E-state index contributed by atoms with van der Waals surface area (Å²) in [6, 6.07) is 11.7. The highest BCUT2D eigenvalue weighted by molar-refractivity contribution is 7.90. The second kappa shape index (κ2) is 5.10. The first-order valence-electron chi connectivity index (χ1n) is 6.10. The van der Waals surface area contributed by atoms with Gasteiger partial charge in [0.05, 0.1) is 4.90 Å². The lowest BCUT2D eigenvalue weighted by Crippen LogP contribution is -1.96. The van der Waals surface area contributed by atoms with Gasteiger partial charge in [0.1, 0.15) is 5.69 Å². The fraction of sp³-hybridized carbons (Fsp3) is 0.0714. The molecular formula is C14H11N3O3S. The Hall–Kier alpha value is -2.54. The van der Waals surface area contributed by atoms with Crippen molar-refractivity contribution in [3.8, 4) is 23.0 Å². The van der Waals surface area contributed by atoms with E-state index in [-0.39, 0.29) is 4.90 Å². The van der Waals surface area contributed by atoms with Gasteiger partial charge in [0.25, 0.3) is 5.89 Å². The number of pyridine rings is 1. The standard InChI is InChI=1S/C14H11N3O3S/c1-21(18,19)11-7-5-10(6-8-11)13-16-14(20-17-13)12-4-2-3-9-15-12/h2-9H,1H3. The third kappa shape index (κ3) is 2.82. The van der Waals surface area contributed by atoms with Gasteiger partial charge in [0.2, 0.25) is 5.82 Å². The van der Waals surface area contributed by atoms with Crippen LogP contribution < -0.4 is 0 Å². The summed E-state index contributed by atoms with van der Waals surface area (Å²) in [5, 5.41) is 3.88. The van der Waals surface area contributed by atoms with Crippen LogP contribution in [-0.4, -0.2) is 29.8 Å². The molecule has 6 nitrogen and oxygen atoms in total. The van der Waals surface area contributed by atoms with Gasteiger partial charge in [-0.15, -0.1) is 0 Å². The molecule has 0 fully saturated rings. The van der Waals surface area contributed by atoms with Crippen LogP contribution in [0.4, 0.5) is 0 Å². The maximum Gasteiger partial charge on any atom is 0.276 e. The van der Waals surface area contributed by atoms with Gasteiger partial charge in [-0.3, -0.25) is 4.98 Å². The lowest BCUT2D eigenvalue weighted by Gasteiger charge is -1.98. The van der Waals surface area contributed by atoms with Crippen LogP contribution in [0.15, 0.2) is 58.1 Å². The second-order valence-electron chi connectivity index (χ2n) is 4.43. The first kappa shape index (κ1) is 13.4. The molecule has 0 aliphatic carbocycles. The number of benzene rings is 1. The first-order valence-corrected chi connectivity index (χ1v) is 7.99. The third-order valence-corrected chi connectivity index (χ3v) is 3.98. The van der Waals surface area contributed by atoms with Crippen LogP contribution in [0, 0.1) is 0 Å². The molecule has 2 aromatic heterocycles. The van der Waals surface area contributed by atoms with Crippen molar-refractivity contribution in [3.05, 3.63) is 48.7 Å². The summed E-state index contributed by atoms with van der Waals surface area (Å²) in [7, 11) is -3.21. The van der Waals surface area contributed by atoms with Gasteiger partial charge in [0, 0.05) is 18.0 Å². The number of sulfone groups is 1. The fourth-order valence-electron chi connectivity index (χ4n) is 1.79. The Bertz CT molecular complexity index is 856. The maximum absolute atomic E-state index is 11.4. The van der Waals surface area contributed by atoms with Crippen LogP contribution in [0.25, 0.3) is 23.0 Å². The summed E-state index contributed by atoms with van der Waals surface area (Å²) in [5.41, 5.74) is 1.26. The van der Waals surface area contributed by atoms with Gasteiger partial charge in [-0.2, -0.15) is 4.98 Å². The highest BCUT2D eigenvalue weighted by atomic mass is 32.2. The van der Waals surface area contributed by atoms with Crippen LogP contribution in [0.5, 0.6) is 0 Å². The molecule has 3 aromatic rings. The molecule has 0 radical (unpaired) electrons. The Balaban J connectivity index is 1.94. The number of rotatable bonds is 3. The van der Waals surface area contributed by atoms with E-state index in [0.29, 0.717) is 23.0 Å². The Morgan fingerprint density at radius 2 is 1.81 bits per heavy atom. The molecule has 1 aromatic carbocycles. The highest BCUT2D eigenvalue weighted by Crippen LogP contribution is 2.21. The predicted octanol–water partition coefficient (Wildman–Crippen LogP) is 2.20. The van der Waals surface area contributed by atoms with Crippen molar-refractivity contribution < 1.29 is 12.9 Å². The Labute approximate surface area is 121 Å². The molecule has 0 saturated heterocycles. The van der Waals surface area contributed by atoms with Crippen LogP contribution in [0.2, 0.25) is 0 Å². The SMILES string of the molecule is CS(=O)(=O)c1ccc(-c2noc(-c3ccccn3)n2)cc1. The smallest absolute Gasteiger partial charge is 0.276 e. The molecule has 21 heavy (non-hydrogen) atoms. The molecule has 0 spiro atoms. The minimum Gasteiger partial charge on any atom is -0.332 e. The monoisotopic (exact) mass is 301 g/mol. The molecule has 0 atom stereocenters. The largest absolute Gasteiger partial charge is 0.332 e. The van der Waals surface area contributed by atoms with Crippen LogP contribution >= 0.6 is 0 Å². The van der Waals surface area contributed by atoms with Gasteiger partial charge in [-0.05, 0) is 36.4 Å². The van der Waals surface area contributed by atoms with E-state index in [2.05, 4.69) is 15.1 Å². The zero-order chi connectivity index (χ0) is 14.9. The average molecular weight is 301 g/mol. The summed E-state index contributed by atoms with van der Waals surface area (Å²) in [6.45, 7) is 0. The molecule has 106 valence electrons. The van der Waals surface area contributed by atoms with Gasteiger partial charge in [0.15, 0.2) is 9.84 Å². The Morgan fingerprint density at radius 3 is 2.43 bits per heavy atom. The molecule has 3 rings (SSSR count). The summed E-state index contributed by atoms with van der Waals surface area (Å²) in [6.07, 6.45) is 2.80. The summed E-state index contributed by atoms with van der Waals surface area (Å²) >= 11 is 0. The summed E-state index contributed by atoms with van der Waals surface area (Å²) in [4.78, 5) is 8.63. The van der Waals surface area contributed by atoms with Crippen molar-refractivity contribution in [1.29, 1.82) is 0 Å². The number of hydrogen-bond acceptors (Lipinski definition) is 6. The van der Waals surface area contributed by atoms with Crippen molar-refractivity contribution in [2.45, 2.75) is 4.90 Å². The van der Waals surface area contributed by atoms with Crippen molar-refractivity contribution in [1.82, 2.24) is 15.1 Å². The van der Waals surface area contributed by atoms with E-state index < -0.39 is 9.84 Å². The van der Waals surface area contributed by atoms with E-state index in [0.717, 1.165) is 6.26 Å². The quantitative estimate of drug-likeness (QED) is 0.737. The maximum atomic E-state index is 11.4. The predicted molar refractivity (Wildman–Crippen MR) is 76.1 cm³/mol. The molecule has 0 unspecified atom stereocenters. The average Bonchev–Trinajstić information content (AvgIpc) is 2.97. The van der Waals surface area contributed by atoms with E-state index in [4.69, 9.17) is 4.52 Å². The first-order chi connectivity index (χ1) is 10.0. The minimum atomic E-state index is -3.21. The van der Waals surface area contributed by atoms with Crippen LogP contribution in [0.1, 0.15) is 0 Å². The lowest BCUT2D eigenvalue weighted by atomic mass is 10.2. The van der Waals surface area contributed by atoms with Gasteiger partial charge < -0.3 is 4.52 Å². The van der Waals surface area contributed by atoms with Crippen molar-refractivity contribution >= 4 is 9.84 Å². The normalized spacial score (nSPS) is 11.5. The van der Waals surface area contributed by atoms with Crippen molar-refractivity contribution in [3.63, 3.8) is 0 Å². The second-order valence-corrected chi connectivity index (χ2v) is 6.45. The van der Waals surface area contributed by atoms with Crippen LogP contribution in [-0.2, 0) is 9.84 Å².